The fourth-order valence-electron chi connectivity index (χ4n) is 2.96. The molecule has 0 radical (unpaired) electrons. The van der Waals surface area contributed by atoms with Gasteiger partial charge in [-0.1, -0.05) is 12.1 Å². The van der Waals surface area contributed by atoms with Crippen LogP contribution in [0.25, 0.3) is 0 Å². The maximum Gasteiger partial charge on any atom is 0.220 e. The van der Waals surface area contributed by atoms with Crippen LogP contribution in [-0.2, 0) is 16.1 Å². The molecule has 2 N–H and O–H groups in total. The van der Waals surface area contributed by atoms with Crippen LogP contribution >= 0.6 is 12.4 Å². The van der Waals surface area contributed by atoms with Gasteiger partial charge in [0.15, 0.2) is 0 Å². The number of methoxy groups -OCH3 is 1. The smallest absolute Gasteiger partial charge is 0.220 e. The quantitative estimate of drug-likeness (QED) is 0.656. The molecule has 0 bridgehead atoms. The van der Waals surface area contributed by atoms with Crippen LogP contribution in [0.15, 0.2) is 18.2 Å². The van der Waals surface area contributed by atoms with E-state index in [1.165, 1.54) is 12.8 Å². The van der Waals surface area contributed by atoms with Crippen molar-refractivity contribution < 1.29 is 14.3 Å². The lowest BCUT2D eigenvalue weighted by atomic mass is 9.93. The monoisotopic (exact) mass is 370 g/mol. The highest BCUT2D eigenvalue weighted by Gasteiger charge is 2.14. The Morgan fingerprint density at radius 2 is 2.04 bits per heavy atom. The molecular formula is C19H31ClN2O3. The van der Waals surface area contributed by atoms with Gasteiger partial charge in [0.25, 0.3) is 0 Å². The van der Waals surface area contributed by atoms with E-state index in [4.69, 9.17) is 9.47 Å². The molecule has 0 unspecified atom stereocenters. The minimum Gasteiger partial charge on any atom is -0.491 e. The Morgan fingerprint density at radius 1 is 1.28 bits per heavy atom. The number of ether oxygens (including phenoxy) is 2. The molecule has 2 rings (SSSR count). The summed E-state index contributed by atoms with van der Waals surface area (Å²) in [5.41, 5.74) is 2.15. The summed E-state index contributed by atoms with van der Waals surface area (Å²) in [6, 6.07) is 6.07. The van der Waals surface area contributed by atoms with E-state index in [0.29, 0.717) is 32.1 Å². The molecular weight excluding hydrogens is 340 g/mol. The minimum absolute atomic E-state index is 0. The number of benzene rings is 1. The van der Waals surface area contributed by atoms with Crippen molar-refractivity contribution >= 4 is 18.3 Å². The number of hydrogen-bond acceptors (Lipinski definition) is 4. The number of halogens is 1. The Morgan fingerprint density at radius 3 is 2.76 bits per heavy atom. The summed E-state index contributed by atoms with van der Waals surface area (Å²) in [6.07, 6.45) is 3.96. The zero-order valence-corrected chi connectivity index (χ0v) is 16.1. The second kappa shape index (κ2) is 12.1. The third kappa shape index (κ3) is 8.08. The zero-order valence-electron chi connectivity index (χ0n) is 15.3. The summed E-state index contributed by atoms with van der Waals surface area (Å²) in [5.74, 6) is 1.63. The molecule has 25 heavy (non-hydrogen) atoms. The highest BCUT2D eigenvalue weighted by molar-refractivity contribution is 5.85. The molecule has 0 spiro atoms. The fraction of sp³-hybridized carbons (Fsp3) is 0.632. The molecule has 0 atom stereocenters. The van der Waals surface area contributed by atoms with Crippen LogP contribution in [0, 0.1) is 12.8 Å². The van der Waals surface area contributed by atoms with Gasteiger partial charge < -0.3 is 20.1 Å². The molecule has 0 aromatic heterocycles. The first kappa shape index (κ1) is 21.7. The highest BCUT2D eigenvalue weighted by atomic mass is 35.5. The topological polar surface area (TPSA) is 59.6 Å². The summed E-state index contributed by atoms with van der Waals surface area (Å²) < 4.78 is 10.8. The predicted molar refractivity (Wildman–Crippen MR) is 102 cm³/mol. The third-order valence-corrected chi connectivity index (χ3v) is 4.48. The molecule has 0 saturated carbocycles. The Labute approximate surface area is 157 Å². The van der Waals surface area contributed by atoms with Gasteiger partial charge in [0.05, 0.1) is 6.61 Å². The number of aryl methyl sites for hydroxylation is 1. The van der Waals surface area contributed by atoms with Gasteiger partial charge in [-0.25, -0.2) is 0 Å². The lowest BCUT2D eigenvalue weighted by Gasteiger charge is -2.22. The summed E-state index contributed by atoms with van der Waals surface area (Å²) in [4.78, 5) is 12.1. The molecule has 0 aliphatic carbocycles. The second-order valence-electron chi connectivity index (χ2n) is 6.46. The zero-order chi connectivity index (χ0) is 17.2. The van der Waals surface area contributed by atoms with E-state index in [1.54, 1.807) is 7.11 Å². The average Bonchev–Trinajstić information content (AvgIpc) is 2.60. The number of carbonyl (C=O) groups is 1. The maximum atomic E-state index is 12.1. The van der Waals surface area contributed by atoms with E-state index in [0.717, 1.165) is 36.4 Å². The first-order chi connectivity index (χ1) is 11.7. The first-order valence-electron chi connectivity index (χ1n) is 8.87. The van der Waals surface area contributed by atoms with E-state index >= 15 is 0 Å². The average molecular weight is 371 g/mol. The molecule has 1 aromatic carbocycles. The van der Waals surface area contributed by atoms with Crippen LogP contribution < -0.4 is 15.4 Å². The SMILES string of the molecule is COCCOc1cc(C)ccc1CNC(=O)CCC1CCNCC1.Cl. The summed E-state index contributed by atoms with van der Waals surface area (Å²) in [7, 11) is 1.66. The van der Waals surface area contributed by atoms with Crippen LogP contribution in [0.4, 0.5) is 0 Å². The summed E-state index contributed by atoms with van der Waals surface area (Å²) in [6.45, 7) is 5.76. The van der Waals surface area contributed by atoms with Crippen LogP contribution in [0.1, 0.15) is 36.8 Å². The van der Waals surface area contributed by atoms with Gasteiger partial charge in [-0.05, 0) is 56.8 Å². The minimum atomic E-state index is 0. The molecule has 5 nitrogen and oxygen atoms in total. The molecule has 1 fully saturated rings. The van der Waals surface area contributed by atoms with E-state index in [-0.39, 0.29) is 18.3 Å². The van der Waals surface area contributed by atoms with Crippen molar-refractivity contribution in [3.8, 4) is 5.75 Å². The fourth-order valence-corrected chi connectivity index (χ4v) is 2.96. The van der Waals surface area contributed by atoms with Crippen molar-refractivity contribution in [1.82, 2.24) is 10.6 Å². The standard InChI is InChI=1S/C19H30N2O3.ClH/c1-15-3-5-17(18(13-15)24-12-11-23-2)14-21-19(22)6-4-16-7-9-20-10-8-16;/h3,5,13,16,20H,4,6-12,14H2,1-2H3,(H,21,22);1H. The lowest BCUT2D eigenvalue weighted by Crippen LogP contribution is -2.29. The number of carbonyl (C=O) groups excluding carboxylic acids is 1. The van der Waals surface area contributed by atoms with Gasteiger partial charge in [-0.15, -0.1) is 12.4 Å². The molecule has 1 saturated heterocycles. The number of piperidine rings is 1. The van der Waals surface area contributed by atoms with Crippen molar-refractivity contribution in [3.63, 3.8) is 0 Å². The molecule has 1 aliphatic rings. The molecule has 142 valence electrons. The van der Waals surface area contributed by atoms with E-state index in [1.807, 2.05) is 25.1 Å². The normalized spacial score (nSPS) is 14.6. The van der Waals surface area contributed by atoms with Gasteiger partial charge in [0.1, 0.15) is 12.4 Å². The van der Waals surface area contributed by atoms with Gasteiger partial charge in [-0.3, -0.25) is 4.79 Å². The predicted octanol–water partition coefficient (Wildman–Crippen LogP) is 2.84. The van der Waals surface area contributed by atoms with E-state index in [9.17, 15) is 4.79 Å². The van der Waals surface area contributed by atoms with Crippen LogP contribution in [0.5, 0.6) is 5.75 Å². The Balaban J connectivity index is 0.00000312. The highest BCUT2D eigenvalue weighted by Crippen LogP contribution is 2.21. The van der Waals surface area contributed by atoms with Crippen molar-refractivity contribution in [2.24, 2.45) is 5.92 Å². The third-order valence-electron chi connectivity index (χ3n) is 4.48. The molecule has 1 amide bonds. The van der Waals surface area contributed by atoms with E-state index in [2.05, 4.69) is 10.6 Å². The van der Waals surface area contributed by atoms with Gasteiger partial charge >= 0.3 is 0 Å². The molecule has 1 aromatic rings. The largest absolute Gasteiger partial charge is 0.491 e. The van der Waals surface area contributed by atoms with Gasteiger partial charge in [0.2, 0.25) is 5.91 Å². The molecule has 1 heterocycles. The van der Waals surface area contributed by atoms with Crippen molar-refractivity contribution in [3.05, 3.63) is 29.3 Å². The number of amides is 1. The molecule has 6 heteroatoms. The maximum absolute atomic E-state index is 12.1. The first-order valence-corrected chi connectivity index (χ1v) is 8.87. The van der Waals surface area contributed by atoms with Crippen molar-refractivity contribution in [1.29, 1.82) is 0 Å². The second-order valence-corrected chi connectivity index (χ2v) is 6.46. The number of nitrogens with one attached hydrogen (secondary N) is 2. The number of rotatable bonds is 9. The molecule has 1 aliphatic heterocycles. The Kier molecular flexibility index (Phi) is 10.5. The lowest BCUT2D eigenvalue weighted by molar-refractivity contribution is -0.121. The summed E-state index contributed by atoms with van der Waals surface area (Å²) in [5, 5.41) is 6.38. The Hall–Kier alpha value is -1.30. The number of hydrogen-bond donors (Lipinski definition) is 2. The van der Waals surface area contributed by atoms with Crippen LogP contribution in [0.2, 0.25) is 0 Å². The van der Waals surface area contributed by atoms with Crippen molar-refractivity contribution in [2.45, 2.75) is 39.2 Å². The van der Waals surface area contributed by atoms with Gasteiger partial charge in [-0.2, -0.15) is 0 Å². The summed E-state index contributed by atoms with van der Waals surface area (Å²) >= 11 is 0. The van der Waals surface area contributed by atoms with Crippen molar-refractivity contribution in [2.75, 3.05) is 33.4 Å². The van der Waals surface area contributed by atoms with Crippen LogP contribution in [0.3, 0.4) is 0 Å². The van der Waals surface area contributed by atoms with Crippen LogP contribution in [-0.4, -0.2) is 39.3 Å². The van der Waals surface area contributed by atoms with E-state index < -0.39 is 0 Å². The van der Waals surface area contributed by atoms with Gasteiger partial charge in [0, 0.05) is 25.6 Å². The Bertz CT molecular complexity index is 519.